The van der Waals surface area contributed by atoms with Gasteiger partial charge in [0.05, 0.1) is 6.10 Å². The molecule has 2 heteroatoms. The van der Waals surface area contributed by atoms with Crippen molar-refractivity contribution < 1.29 is 9.50 Å². The van der Waals surface area contributed by atoms with E-state index < -0.39 is 0 Å². The molecule has 3 unspecified atom stereocenters. The molecule has 3 atom stereocenters. The number of aliphatic hydroxyl groups is 1. The van der Waals surface area contributed by atoms with Crippen molar-refractivity contribution in [1.29, 1.82) is 0 Å². The van der Waals surface area contributed by atoms with Crippen LogP contribution >= 0.6 is 0 Å². The molecule has 88 valence electrons. The van der Waals surface area contributed by atoms with Crippen LogP contribution in [0.4, 0.5) is 4.39 Å². The predicted molar refractivity (Wildman–Crippen MR) is 62.6 cm³/mol. The fourth-order valence-electron chi connectivity index (χ4n) is 2.63. The van der Waals surface area contributed by atoms with E-state index in [0.717, 1.165) is 31.2 Å². The molecule has 0 amide bonds. The lowest BCUT2D eigenvalue weighted by atomic mass is 9.77. The Balaban J connectivity index is 2.00. The predicted octanol–water partition coefficient (Wildman–Crippen LogP) is 3.17. The molecule has 2 rings (SSSR count). The highest BCUT2D eigenvalue weighted by molar-refractivity contribution is 5.17. The molecule has 1 aromatic rings. The molecule has 0 radical (unpaired) electrons. The van der Waals surface area contributed by atoms with Gasteiger partial charge in [0.1, 0.15) is 5.82 Å². The first-order chi connectivity index (χ1) is 7.65. The Bertz CT molecular complexity index is 333. The zero-order chi connectivity index (χ0) is 11.5. The normalized spacial score (nSPS) is 30.3. The Morgan fingerprint density at radius 2 is 1.94 bits per heavy atom. The van der Waals surface area contributed by atoms with Gasteiger partial charge in [0.2, 0.25) is 0 Å². The second-order valence-corrected chi connectivity index (χ2v) is 5.08. The molecule has 0 spiro atoms. The lowest BCUT2D eigenvalue weighted by molar-refractivity contribution is 0.0519. The van der Waals surface area contributed by atoms with Crippen molar-refractivity contribution in [3.05, 3.63) is 35.6 Å². The van der Waals surface area contributed by atoms with Gasteiger partial charge < -0.3 is 5.11 Å². The average Bonchev–Trinajstić information content (AvgIpc) is 2.27. The van der Waals surface area contributed by atoms with Crippen molar-refractivity contribution in [1.82, 2.24) is 0 Å². The third-order valence-corrected chi connectivity index (χ3v) is 3.62. The largest absolute Gasteiger partial charge is 0.393 e. The van der Waals surface area contributed by atoms with E-state index in [1.54, 1.807) is 0 Å². The zero-order valence-electron chi connectivity index (χ0n) is 9.70. The van der Waals surface area contributed by atoms with Crippen LogP contribution in [0.25, 0.3) is 0 Å². The highest BCUT2D eigenvalue weighted by Gasteiger charge is 2.26. The minimum atomic E-state index is -0.193. The summed E-state index contributed by atoms with van der Waals surface area (Å²) in [6.07, 6.45) is 3.81. The van der Waals surface area contributed by atoms with Gasteiger partial charge >= 0.3 is 0 Å². The molecule has 0 aromatic heterocycles. The summed E-state index contributed by atoms with van der Waals surface area (Å²) in [6.45, 7) is 2.24. The number of rotatable bonds is 2. The van der Waals surface area contributed by atoms with E-state index in [-0.39, 0.29) is 11.9 Å². The molecule has 16 heavy (non-hydrogen) atoms. The highest BCUT2D eigenvalue weighted by Crippen LogP contribution is 2.31. The van der Waals surface area contributed by atoms with Crippen LogP contribution < -0.4 is 0 Å². The maximum Gasteiger partial charge on any atom is 0.123 e. The van der Waals surface area contributed by atoms with Crippen LogP contribution in [-0.4, -0.2) is 11.2 Å². The van der Waals surface area contributed by atoms with E-state index in [2.05, 4.69) is 6.92 Å². The third kappa shape index (κ3) is 2.82. The number of aliphatic hydroxyl groups excluding tert-OH is 1. The Hall–Kier alpha value is -0.890. The maximum absolute atomic E-state index is 12.8. The number of halogens is 1. The average molecular weight is 222 g/mol. The van der Waals surface area contributed by atoms with Crippen molar-refractivity contribution in [2.45, 2.75) is 38.7 Å². The van der Waals surface area contributed by atoms with E-state index in [9.17, 15) is 9.50 Å². The van der Waals surface area contributed by atoms with Gasteiger partial charge in [-0.15, -0.1) is 0 Å². The standard InChI is InChI=1S/C14H19FO/c1-10-2-7-14(16)12(8-10)9-11-3-5-13(15)6-4-11/h3-6,10,12,14,16H,2,7-9H2,1H3. The van der Waals surface area contributed by atoms with E-state index in [0.29, 0.717) is 11.8 Å². The minimum Gasteiger partial charge on any atom is -0.393 e. The monoisotopic (exact) mass is 222 g/mol. The lowest BCUT2D eigenvalue weighted by Gasteiger charge is -2.31. The fourth-order valence-corrected chi connectivity index (χ4v) is 2.63. The fraction of sp³-hybridized carbons (Fsp3) is 0.571. The molecular weight excluding hydrogens is 203 g/mol. The van der Waals surface area contributed by atoms with Crippen LogP contribution in [0, 0.1) is 17.7 Å². The van der Waals surface area contributed by atoms with E-state index in [1.807, 2.05) is 12.1 Å². The SMILES string of the molecule is CC1CCC(O)C(Cc2ccc(F)cc2)C1. The molecule has 1 nitrogen and oxygen atoms in total. The maximum atomic E-state index is 12.8. The smallest absolute Gasteiger partial charge is 0.123 e. The first kappa shape index (κ1) is 11.6. The van der Waals surface area contributed by atoms with Gasteiger partial charge in [-0.2, -0.15) is 0 Å². The summed E-state index contributed by atoms with van der Waals surface area (Å²) in [7, 11) is 0. The van der Waals surface area contributed by atoms with Gasteiger partial charge in [0, 0.05) is 0 Å². The summed E-state index contributed by atoms with van der Waals surface area (Å²) >= 11 is 0. The van der Waals surface area contributed by atoms with Crippen LogP contribution in [0.1, 0.15) is 31.7 Å². The highest BCUT2D eigenvalue weighted by atomic mass is 19.1. The van der Waals surface area contributed by atoms with Gasteiger partial charge in [0.25, 0.3) is 0 Å². The van der Waals surface area contributed by atoms with Gasteiger partial charge in [-0.05, 0) is 55.2 Å². The summed E-state index contributed by atoms with van der Waals surface area (Å²) in [5, 5.41) is 9.93. The lowest BCUT2D eigenvalue weighted by Crippen LogP contribution is -2.29. The van der Waals surface area contributed by atoms with Crippen molar-refractivity contribution in [3.8, 4) is 0 Å². The molecule has 0 heterocycles. The van der Waals surface area contributed by atoms with Crippen LogP contribution in [0.15, 0.2) is 24.3 Å². The Labute approximate surface area is 96.3 Å². The second-order valence-electron chi connectivity index (χ2n) is 5.08. The Morgan fingerprint density at radius 3 is 2.62 bits per heavy atom. The van der Waals surface area contributed by atoms with Crippen molar-refractivity contribution in [2.75, 3.05) is 0 Å². The van der Waals surface area contributed by atoms with Crippen LogP contribution in [-0.2, 0) is 6.42 Å². The number of benzene rings is 1. The van der Waals surface area contributed by atoms with Crippen LogP contribution in [0.3, 0.4) is 0 Å². The summed E-state index contributed by atoms with van der Waals surface area (Å²) in [4.78, 5) is 0. The number of hydrogen-bond acceptors (Lipinski definition) is 1. The topological polar surface area (TPSA) is 20.2 Å². The Morgan fingerprint density at radius 1 is 1.25 bits per heavy atom. The molecule has 0 bridgehead atoms. The minimum absolute atomic E-state index is 0.179. The van der Waals surface area contributed by atoms with Gasteiger partial charge in [-0.25, -0.2) is 4.39 Å². The summed E-state index contributed by atoms with van der Waals surface area (Å²) < 4.78 is 12.8. The van der Waals surface area contributed by atoms with E-state index in [1.165, 1.54) is 12.1 Å². The number of hydrogen-bond donors (Lipinski definition) is 1. The van der Waals surface area contributed by atoms with Gasteiger partial charge in [0.15, 0.2) is 0 Å². The quantitative estimate of drug-likeness (QED) is 0.815. The van der Waals surface area contributed by atoms with Gasteiger partial charge in [-0.1, -0.05) is 19.1 Å². The molecule has 1 N–H and O–H groups in total. The molecule has 1 saturated carbocycles. The molecule has 0 saturated heterocycles. The van der Waals surface area contributed by atoms with Crippen molar-refractivity contribution >= 4 is 0 Å². The first-order valence-corrected chi connectivity index (χ1v) is 6.07. The zero-order valence-corrected chi connectivity index (χ0v) is 9.70. The molecule has 0 aliphatic heterocycles. The molecular formula is C14H19FO. The van der Waals surface area contributed by atoms with E-state index >= 15 is 0 Å². The Kier molecular flexibility index (Phi) is 3.59. The summed E-state index contributed by atoms with van der Waals surface area (Å²) in [6, 6.07) is 6.63. The van der Waals surface area contributed by atoms with Crippen molar-refractivity contribution in [2.24, 2.45) is 11.8 Å². The van der Waals surface area contributed by atoms with Crippen LogP contribution in [0.5, 0.6) is 0 Å². The first-order valence-electron chi connectivity index (χ1n) is 6.07. The van der Waals surface area contributed by atoms with Crippen LogP contribution in [0.2, 0.25) is 0 Å². The summed E-state index contributed by atoms with van der Waals surface area (Å²) in [5.74, 6) is 0.851. The molecule has 1 aliphatic rings. The van der Waals surface area contributed by atoms with Crippen molar-refractivity contribution in [3.63, 3.8) is 0 Å². The molecule has 1 aliphatic carbocycles. The molecule has 1 fully saturated rings. The molecule has 1 aromatic carbocycles. The van der Waals surface area contributed by atoms with Gasteiger partial charge in [-0.3, -0.25) is 0 Å². The second kappa shape index (κ2) is 4.96. The van der Waals surface area contributed by atoms with E-state index in [4.69, 9.17) is 0 Å². The summed E-state index contributed by atoms with van der Waals surface area (Å²) in [5.41, 5.74) is 1.12. The third-order valence-electron chi connectivity index (χ3n) is 3.62.